The lowest BCUT2D eigenvalue weighted by Crippen LogP contribution is -2.37. The van der Waals surface area contributed by atoms with E-state index in [9.17, 15) is 8.42 Å². The van der Waals surface area contributed by atoms with Gasteiger partial charge in [0.05, 0.1) is 10.6 Å². The standard InChI is InChI=1S/C17H21NO2S/c1-2-18-17(14-7-8-14)12-21(19,20)16-10-9-13-5-3-4-6-15(13)11-16/h3-6,9-11,14,17-18H,2,7-8,12H2,1H3. The van der Waals surface area contributed by atoms with Gasteiger partial charge < -0.3 is 5.32 Å². The van der Waals surface area contributed by atoms with Crippen molar-refractivity contribution >= 4 is 20.6 Å². The highest BCUT2D eigenvalue weighted by molar-refractivity contribution is 7.91. The molecule has 1 fully saturated rings. The second-order valence-corrected chi connectivity index (χ2v) is 7.83. The average Bonchev–Trinajstić information content (AvgIpc) is 3.31. The van der Waals surface area contributed by atoms with E-state index in [-0.39, 0.29) is 11.8 Å². The third-order valence-electron chi connectivity index (χ3n) is 4.14. The maximum absolute atomic E-state index is 12.7. The Morgan fingerprint density at radius 3 is 2.52 bits per heavy atom. The van der Waals surface area contributed by atoms with Gasteiger partial charge in [-0.1, -0.05) is 37.3 Å². The van der Waals surface area contributed by atoms with Gasteiger partial charge in [-0.05, 0) is 48.2 Å². The Hall–Kier alpha value is -1.39. The molecule has 1 atom stereocenters. The number of fused-ring (bicyclic) bond motifs is 1. The summed E-state index contributed by atoms with van der Waals surface area (Å²) >= 11 is 0. The first-order valence-corrected chi connectivity index (χ1v) is 9.20. The Bertz CT molecular complexity index is 735. The molecule has 0 amide bonds. The fourth-order valence-electron chi connectivity index (χ4n) is 2.82. The van der Waals surface area contributed by atoms with Crippen LogP contribution in [0.4, 0.5) is 0 Å². The highest BCUT2D eigenvalue weighted by Crippen LogP contribution is 2.34. The summed E-state index contributed by atoms with van der Waals surface area (Å²) in [7, 11) is -3.24. The smallest absolute Gasteiger partial charge is 0.179 e. The van der Waals surface area contributed by atoms with Gasteiger partial charge in [-0.3, -0.25) is 0 Å². The zero-order valence-corrected chi connectivity index (χ0v) is 13.1. The van der Waals surface area contributed by atoms with Gasteiger partial charge in [0, 0.05) is 6.04 Å². The maximum atomic E-state index is 12.7. The Morgan fingerprint density at radius 2 is 1.86 bits per heavy atom. The van der Waals surface area contributed by atoms with Gasteiger partial charge in [0.25, 0.3) is 0 Å². The minimum absolute atomic E-state index is 0.0893. The summed E-state index contributed by atoms with van der Waals surface area (Å²) in [5.41, 5.74) is 0. The molecule has 0 heterocycles. The molecule has 1 aliphatic carbocycles. The summed E-state index contributed by atoms with van der Waals surface area (Å²) in [5.74, 6) is 0.726. The molecule has 0 radical (unpaired) electrons. The minimum atomic E-state index is -3.24. The first-order valence-electron chi connectivity index (χ1n) is 7.55. The van der Waals surface area contributed by atoms with Crippen LogP contribution < -0.4 is 5.32 Å². The molecule has 0 spiro atoms. The Morgan fingerprint density at radius 1 is 1.14 bits per heavy atom. The molecule has 1 aliphatic rings. The molecule has 3 nitrogen and oxygen atoms in total. The molecule has 2 aromatic carbocycles. The predicted molar refractivity (Wildman–Crippen MR) is 86.2 cm³/mol. The monoisotopic (exact) mass is 303 g/mol. The maximum Gasteiger partial charge on any atom is 0.179 e. The quantitative estimate of drug-likeness (QED) is 0.892. The van der Waals surface area contributed by atoms with E-state index < -0.39 is 9.84 Å². The van der Waals surface area contributed by atoms with Gasteiger partial charge in [-0.15, -0.1) is 0 Å². The first-order chi connectivity index (χ1) is 10.1. The predicted octanol–water partition coefficient (Wildman–Crippen LogP) is 3.00. The van der Waals surface area contributed by atoms with E-state index in [2.05, 4.69) is 5.32 Å². The van der Waals surface area contributed by atoms with Gasteiger partial charge in [0.2, 0.25) is 0 Å². The van der Waals surface area contributed by atoms with Gasteiger partial charge in [0.15, 0.2) is 9.84 Å². The second kappa shape index (κ2) is 5.78. The largest absolute Gasteiger partial charge is 0.313 e. The number of hydrogen-bond acceptors (Lipinski definition) is 3. The van der Waals surface area contributed by atoms with Crippen LogP contribution in [0, 0.1) is 5.92 Å². The Labute approximate surface area is 126 Å². The number of benzene rings is 2. The van der Waals surface area contributed by atoms with Crippen molar-refractivity contribution in [3.63, 3.8) is 0 Å². The molecule has 0 aliphatic heterocycles. The van der Waals surface area contributed by atoms with Crippen molar-refractivity contribution in [2.24, 2.45) is 5.92 Å². The van der Waals surface area contributed by atoms with Gasteiger partial charge in [-0.2, -0.15) is 0 Å². The van der Waals surface area contributed by atoms with Crippen LogP contribution in [-0.4, -0.2) is 26.8 Å². The summed E-state index contributed by atoms with van der Waals surface area (Å²) in [6, 6.07) is 13.4. The number of sulfone groups is 1. The zero-order chi connectivity index (χ0) is 14.9. The molecule has 112 valence electrons. The summed E-state index contributed by atoms with van der Waals surface area (Å²) < 4.78 is 25.3. The molecule has 1 N–H and O–H groups in total. The second-order valence-electron chi connectivity index (χ2n) is 5.79. The third kappa shape index (κ3) is 3.27. The SMILES string of the molecule is CCNC(CS(=O)(=O)c1ccc2ccccc2c1)C1CC1. The highest BCUT2D eigenvalue weighted by atomic mass is 32.2. The van der Waals surface area contributed by atoms with Crippen LogP contribution in [0.5, 0.6) is 0 Å². The third-order valence-corrected chi connectivity index (χ3v) is 5.91. The van der Waals surface area contributed by atoms with Crippen LogP contribution in [0.15, 0.2) is 47.4 Å². The van der Waals surface area contributed by atoms with Crippen LogP contribution in [0.25, 0.3) is 10.8 Å². The van der Waals surface area contributed by atoms with Crippen molar-refractivity contribution in [2.45, 2.75) is 30.7 Å². The van der Waals surface area contributed by atoms with Crippen molar-refractivity contribution < 1.29 is 8.42 Å². The zero-order valence-electron chi connectivity index (χ0n) is 12.2. The number of hydrogen-bond donors (Lipinski definition) is 1. The molecule has 4 heteroatoms. The van der Waals surface area contributed by atoms with Crippen LogP contribution in [-0.2, 0) is 9.84 Å². The van der Waals surface area contributed by atoms with Crippen LogP contribution in [0.2, 0.25) is 0 Å². The molecule has 0 aromatic heterocycles. The van der Waals surface area contributed by atoms with Crippen molar-refractivity contribution in [1.82, 2.24) is 5.32 Å². The molecule has 21 heavy (non-hydrogen) atoms. The molecule has 2 aromatic rings. The van der Waals surface area contributed by atoms with E-state index >= 15 is 0 Å². The van der Waals surface area contributed by atoms with E-state index in [0.717, 1.165) is 30.2 Å². The van der Waals surface area contributed by atoms with E-state index in [1.165, 1.54) is 0 Å². The Kier molecular flexibility index (Phi) is 4.00. The lowest BCUT2D eigenvalue weighted by molar-refractivity contribution is 0.502. The van der Waals surface area contributed by atoms with E-state index in [1.807, 2.05) is 37.3 Å². The molecular weight excluding hydrogens is 282 g/mol. The summed E-state index contributed by atoms with van der Waals surface area (Å²) in [4.78, 5) is 0.435. The lowest BCUT2D eigenvalue weighted by atomic mass is 10.1. The van der Waals surface area contributed by atoms with Crippen molar-refractivity contribution in [1.29, 1.82) is 0 Å². The van der Waals surface area contributed by atoms with Gasteiger partial charge >= 0.3 is 0 Å². The Balaban J connectivity index is 1.88. The fourth-order valence-corrected chi connectivity index (χ4v) is 4.45. The van der Waals surface area contributed by atoms with Gasteiger partial charge in [-0.25, -0.2) is 8.42 Å². The first kappa shape index (κ1) is 14.5. The molecular formula is C17H21NO2S. The average molecular weight is 303 g/mol. The number of nitrogens with one attached hydrogen (secondary N) is 1. The summed E-state index contributed by atoms with van der Waals surface area (Å²) in [5, 5.41) is 5.38. The summed E-state index contributed by atoms with van der Waals surface area (Å²) in [6.45, 7) is 2.84. The van der Waals surface area contributed by atoms with Gasteiger partial charge in [0.1, 0.15) is 0 Å². The molecule has 3 rings (SSSR count). The molecule has 0 bridgehead atoms. The van der Waals surface area contributed by atoms with Crippen molar-refractivity contribution in [2.75, 3.05) is 12.3 Å². The minimum Gasteiger partial charge on any atom is -0.313 e. The molecule has 0 saturated heterocycles. The van der Waals surface area contributed by atoms with Crippen molar-refractivity contribution in [3.05, 3.63) is 42.5 Å². The van der Waals surface area contributed by atoms with Crippen LogP contribution in [0.1, 0.15) is 19.8 Å². The fraction of sp³-hybridized carbons (Fsp3) is 0.412. The van der Waals surface area contributed by atoms with E-state index in [4.69, 9.17) is 0 Å². The summed E-state index contributed by atoms with van der Waals surface area (Å²) in [6.07, 6.45) is 2.29. The molecule has 1 unspecified atom stereocenters. The normalized spacial score (nSPS) is 17.0. The van der Waals surface area contributed by atoms with Crippen molar-refractivity contribution in [3.8, 4) is 0 Å². The topological polar surface area (TPSA) is 46.2 Å². The van der Waals surface area contributed by atoms with Crippen LogP contribution in [0.3, 0.4) is 0 Å². The lowest BCUT2D eigenvalue weighted by Gasteiger charge is -2.17. The number of rotatable bonds is 6. The highest BCUT2D eigenvalue weighted by Gasteiger charge is 2.34. The molecule has 1 saturated carbocycles. The van der Waals surface area contributed by atoms with E-state index in [1.54, 1.807) is 12.1 Å². The van der Waals surface area contributed by atoms with Crippen LogP contribution >= 0.6 is 0 Å². The van der Waals surface area contributed by atoms with E-state index in [0.29, 0.717) is 10.8 Å².